The molecule has 6 heteroatoms. The van der Waals surface area contributed by atoms with E-state index in [4.69, 9.17) is 16.1 Å². The van der Waals surface area contributed by atoms with Gasteiger partial charge in [-0.05, 0) is 42.7 Å². The number of benzene rings is 1. The molecule has 1 saturated heterocycles. The van der Waals surface area contributed by atoms with Crippen LogP contribution in [0.3, 0.4) is 0 Å². The minimum atomic E-state index is -0.0882. The molecule has 4 rings (SSSR count). The van der Waals surface area contributed by atoms with E-state index in [1.54, 1.807) is 18.5 Å². The van der Waals surface area contributed by atoms with Gasteiger partial charge >= 0.3 is 0 Å². The average Bonchev–Trinajstić information content (AvgIpc) is 3.07. The summed E-state index contributed by atoms with van der Waals surface area (Å²) < 4.78 is 5.37. The molecule has 0 N–H and O–H groups in total. The van der Waals surface area contributed by atoms with E-state index < -0.39 is 0 Å². The molecule has 0 bridgehead atoms. The van der Waals surface area contributed by atoms with Gasteiger partial charge in [0.15, 0.2) is 11.5 Å². The summed E-state index contributed by atoms with van der Waals surface area (Å²) in [6.45, 7) is 1.41. The van der Waals surface area contributed by atoms with Gasteiger partial charge in [0.05, 0.1) is 0 Å². The molecule has 3 heterocycles. The number of pyridine rings is 1. The Bertz CT molecular complexity index is 909. The Balaban J connectivity index is 1.52. The van der Waals surface area contributed by atoms with Crippen LogP contribution in [0, 0.1) is 0 Å². The number of hydrogen-bond acceptors (Lipinski definition) is 4. The van der Waals surface area contributed by atoms with Gasteiger partial charge in [-0.15, -0.1) is 0 Å². The summed E-state index contributed by atoms with van der Waals surface area (Å²) in [7, 11) is 0. The quantitative estimate of drug-likeness (QED) is 0.653. The van der Waals surface area contributed by atoms with Crippen molar-refractivity contribution in [2.45, 2.75) is 25.2 Å². The molecular weight excluding hydrogens is 362 g/mol. The fraction of sp³-hybridized carbons (Fsp3) is 0.286. The molecule has 27 heavy (non-hydrogen) atoms. The Labute approximate surface area is 163 Å². The van der Waals surface area contributed by atoms with Gasteiger partial charge in [-0.2, -0.15) is 0 Å². The lowest BCUT2D eigenvalue weighted by molar-refractivity contribution is 0.0744. The summed E-state index contributed by atoms with van der Waals surface area (Å²) in [6, 6.07) is 13.3. The van der Waals surface area contributed by atoms with E-state index in [-0.39, 0.29) is 5.91 Å². The first-order valence-electron chi connectivity index (χ1n) is 9.12. The van der Waals surface area contributed by atoms with E-state index in [0.29, 0.717) is 23.9 Å². The summed E-state index contributed by atoms with van der Waals surface area (Å²) in [6.07, 6.45) is 6.53. The van der Waals surface area contributed by atoms with Crippen LogP contribution in [0.2, 0.25) is 5.02 Å². The predicted octanol–water partition coefficient (Wildman–Crippen LogP) is 4.80. The van der Waals surface area contributed by atoms with Crippen molar-refractivity contribution >= 4 is 17.5 Å². The smallest absolute Gasteiger partial charge is 0.276 e. The highest BCUT2D eigenvalue weighted by Crippen LogP contribution is 2.28. The Morgan fingerprint density at radius 2 is 2.04 bits per heavy atom. The standard InChI is InChI=1S/C21H20ClN3O2/c22-18-8-6-15(7-9-18)17-4-1-2-11-25(14-17)21(26)19-12-20(27-24-19)16-5-3-10-23-13-16/h3,5-10,12-13,17H,1-2,4,11,14H2. The molecule has 0 aliphatic carbocycles. The highest BCUT2D eigenvalue weighted by Gasteiger charge is 2.26. The molecule has 0 saturated carbocycles. The minimum absolute atomic E-state index is 0.0882. The Morgan fingerprint density at radius 1 is 1.19 bits per heavy atom. The number of hydrogen-bond donors (Lipinski definition) is 0. The van der Waals surface area contributed by atoms with Crippen LogP contribution in [-0.2, 0) is 0 Å². The number of likely N-dealkylation sites (tertiary alicyclic amines) is 1. The summed E-state index contributed by atoms with van der Waals surface area (Å²) in [5.41, 5.74) is 2.36. The molecule has 1 atom stereocenters. The van der Waals surface area contributed by atoms with Gasteiger partial charge in [0.1, 0.15) is 0 Å². The first-order chi connectivity index (χ1) is 13.2. The van der Waals surface area contributed by atoms with Crippen molar-refractivity contribution in [3.8, 4) is 11.3 Å². The molecule has 0 spiro atoms. The second-order valence-electron chi connectivity index (χ2n) is 6.81. The van der Waals surface area contributed by atoms with Crippen molar-refractivity contribution in [1.82, 2.24) is 15.0 Å². The first-order valence-corrected chi connectivity index (χ1v) is 9.50. The second-order valence-corrected chi connectivity index (χ2v) is 7.25. The third-order valence-corrected chi connectivity index (χ3v) is 5.23. The maximum Gasteiger partial charge on any atom is 0.276 e. The molecule has 2 aromatic heterocycles. The van der Waals surface area contributed by atoms with Crippen molar-refractivity contribution < 1.29 is 9.32 Å². The largest absolute Gasteiger partial charge is 0.355 e. The molecule has 0 radical (unpaired) electrons. The zero-order chi connectivity index (χ0) is 18.6. The van der Waals surface area contributed by atoms with Gasteiger partial charge in [0.25, 0.3) is 5.91 Å². The summed E-state index contributed by atoms with van der Waals surface area (Å²) in [5, 5.41) is 4.72. The van der Waals surface area contributed by atoms with Crippen LogP contribution >= 0.6 is 11.6 Å². The maximum atomic E-state index is 13.0. The highest BCUT2D eigenvalue weighted by atomic mass is 35.5. The van der Waals surface area contributed by atoms with E-state index in [2.05, 4.69) is 22.3 Å². The number of halogens is 1. The molecular formula is C21H20ClN3O2. The lowest BCUT2D eigenvalue weighted by Crippen LogP contribution is -2.34. The van der Waals surface area contributed by atoms with E-state index in [9.17, 15) is 4.79 Å². The van der Waals surface area contributed by atoms with Crippen LogP contribution in [0.1, 0.15) is 41.2 Å². The first kappa shape index (κ1) is 17.7. The average molecular weight is 382 g/mol. The van der Waals surface area contributed by atoms with E-state index >= 15 is 0 Å². The molecule has 1 aromatic carbocycles. The summed E-state index contributed by atoms with van der Waals surface area (Å²) in [5.74, 6) is 0.767. The van der Waals surface area contributed by atoms with Crippen LogP contribution in [0.5, 0.6) is 0 Å². The van der Waals surface area contributed by atoms with E-state index in [1.807, 2.05) is 29.2 Å². The molecule has 5 nitrogen and oxygen atoms in total. The topological polar surface area (TPSA) is 59.2 Å². The van der Waals surface area contributed by atoms with Gasteiger partial charge in [-0.3, -0.25) is 9.78 Å². The van der Waals surface area contributed by atoms with Gasteiger partial charge in [0.2, 0.25) is 0 Å². The van der Waals surface area contributed by atoms with Crippen LogP contribution in [0.4, 0.5) is 0 Å². The molecule has 1 fully saturated rings. The Hall–Kier alpha value is -2.66. The molecule has 3 aromatic rings. The molecule has 138 valence electrons. The fourth-order valence-electron chi connectivity index (χ4n) is 3.52. The molecule has 1 aliphatic rings. The van der Waals surface area contributed by atoms with Gasteiger partial charge in [0, 0.05) is 48.1 Å². The Morgan fingerprint density at radius 3 is 2.81 bits per heavy atom. The van der Waals surface area contributed by atoms with Gasteiger partial charge in [-0.1, -0.05) is 35.3 Å². The van der Waals surface area contributed by atoms with Crippen LogP contribution in [0.25, 0.3) is 11.3 Å². The zero-order valence-electron chi connectivity index (χ0n) is 14.8. The third kappa shape index (κ3) is 4.03. The van der Waals surface area contributed by atoms with E-state index in [0.717, 1.165) is 36.4 Å². The summed E-state index contributed by atoms with van der Waals surface area (Å²) >= 11 is 6.01. The lowest BCUT2D eigenvalue weighted by Gasteiger charge is -2.24. The minimum Gasteiger partial charge on any atom is -0.355 e. The molecule has 1 amide bonds. The fourth-order valence-corrected chi connectivity index (χ4v) is 3.64. The van der Waals surface area contributed by atoms with E-state index in [1.165, 1.54) is 5.56 Å². The van der Waals surface area contributed by atoms with Crippen LogP contribution < -0.4 is 0 Å². The van der Waals surface area contributed by atoms with Crippen molar-refractivity contribution in [3.63, 3.8) is 0 Å². The second kappa shape index (κ2) is 7.92. The molecule has 1 unspecified atom stereocenters. The predicted molar refractivity (Wildman–Crippen MR) is 104 cm³/mol. The van der Waals surface area contributed by atoms with Crippen molar-refractivity contribution in [3.05, 3.63) is 71.1 Å². The molecule has 1 aliphatic heterocycles. The monoisotopic (exact) mass is 381 g/mol. The number of amides is 1. The normalized spacial score (nSPS) is 17.5. The van der Waals surface area contributed by atoms with Crippen molar-refractivity contribution in [1.29, 1.82) is 0 Å². The number of carbonyl (C=O) groups is 1. The SMILES string of the molecule is O=C(c1cc(-c2cccnc2)on1)N1CCCCC(c2ccc(Cl)cc2)C1. The van der Waals surface area contributed by atoms with Crippen LogP contribution in [0.15, 0.2) is 59.4 Å². The maximum absolute atomic E-state index is 13.0. The third-order valence-electron chi connectivity index (χ3n) is 4.98. The number of rotatable bonds is 3. The number of nitrogens with zero attached hydrogens (tertiary/aromatic N) is 3. The highest BCUT2D eigenvalue weighted by molar-refractivity contribution is 6.30. The van der Waals surface area contributed by atoms with Gasteiger partial charge in [-0.25, -0.2) is 0 Å². The summed E-state index contributed by atoms with van der Waals surface area (Å²) in [4.78, 5) is 19.0. The number of aromatic nitrogens is 2. The number of carbonyl (C=O) groups excluding carboxylic acids is 1. The van der Waals surface area contributed by atoms with Gasteiger partial charge < -0.3 is 9.42 Å². The Kier molecular flexibility index (Phi) is 5.21. The zero-order valence-corrected chi connectivity index (χ0v) is 15.6. The van der Waals surface area contributed by atoms with Crippen LogP contribution in [-0.4, -0.2) is 34.0 Å². The van der Waals surface area contributed by atoms with Crippen molar-refractivity contribution in [2.75, 3.05) is 13.1 Å². The lowest BCUT2D eigenvalue weighted by atomic mass is 9.94. The van der Waals surface area contributed by atoms with Crippen molar-refractivity contribution in [2.24, 2.45) is 0 Å².